The fourth-order valence-corrected chi connectivity index (χ4v) is 5.28. The molecule has 0 N–H and O–H groups in total. The van der Waals surface area contributed by atoms with Crippen LogP contribution in [0.2, 0.25) is 0 Å². The average molecular weight is 445 g/mol. The van der Waals surface area contributed by atoms with Gasteiger partial charge in [-0.1, -0.05) is 44.2 Å². The highest BCUT2D eigenvalue weighted by molar-refractivity contribution is 8.26. The molecule has 0 spiro atoms. The number of rotatable bonds is 7. The van der Waals surface area contributed by atoms with E-state index >= 15 is 0 Å². The number of nitriles is 1. The lowest BCUT2D eigenvalue weighted by atomic mass is 10.0. The van der Waals surface area contributed by atoms with E-state index in [9.17, 15) is 14.9 Å². The largest absolute Gasteiger partial charge is 0.357 e. The normalized spacial score (nSPS) is 18.0. The van der Waals surface area contributed by atoms with Crippen molar-refractivity contribution in [2.45, 2.75) is 59.4 Å². The van der Waals surface area contributed by atoms with Crippen LogP contribution < -0.4 is 10.5 Å². The predicted molar refractivity (Wildman–Crippen MR) is 127 cm³/mol. The first-order valence-corrected chi connectivity index (χ1v) is 11.8. The molecule has 0 aromatic carbocycles. The Hall–Kier alpha value is -2.11. The monoisotopic (exact) mass is 444 g/mol. The molecule has 160 valence electrons. The van der Waals surface area contributed by atoms with Crippen molar-refractivity contribution in [3.63, 3.8) is 0 Å². The first kappa shape index (κ1) is 22.6. The minimum absolute atomic E-state index is 0.0940. The standard InChI is InChI=1S/C22H28N4O2S2/c1-4-6-12-25-19(24-10-7-8-11-24)16(15(3)17(14-23)20(25)27)13-18-21(28)26(9-5-2)22(29)30-18/h13H,4-12H2,1-3H3/b18-13-. The van der Waals surface area contributed by atoms with Crippen LogP contribution in [-0.4, -0.2) is 39.3 Å². The van der Waals surface area contributed by atoms with Crippen LogP contribution >= 0.6 is 24.0 Å². The molecule has 0 atom stereocenters. The molecular formula is C22H28N4O2S2. The second-order valence-electron chi connectivity index (χ2n) is 7.69. The summed E-state index contributed by atoms with van der Waals surface area (Å²) in [4.78, 5) is 30.5. The van der Waals surface area contributed by atoms with Crippen molar-refractivity contribution in [2.75, 3.05) is 24.5 Å². The molecule has 30 heavy (non-hydrogen) atoms. The molecule has 1 aromatic heterocycles. The van der Waals surface area contributed by atoms with Crippen LogP contribution in [0.15, 0.2) is 9.70 Å². The van der Waals surface area contributed by atoms with Gasteiger partial charge in [-0.05, 0) is 44.2 Å². The van der Waals surface area contributed by atoms with E-state index in [0.717, 1.165) is 56.6 Å². The lowest BCUT2D eigenvalue weighted by molar-refractivity contribution is -0.122. The van der Waals surface area contributed by atoms with Crippen molar-refractivity contribution < 1.29 is 4.79 Å². The average Bonchev–Trinajstić information content (AvgIpc) is 3.34. The Balaban J connectivity index is 2.22. The fourth-order valence-electron chi connectivity index (χ4n) is 3.98. The van der Waals surface area contributed by atoms with Crippen molar-refractivity contribution >= 4 is 46.1 Å². The van der Waals surface area contributed by atoms with E-state index in [-0.39, 0.29) is 17.0 Å². The maximum Gasteiger partial charge on any atom is 0.270 e. The van der Waals surface area contributed by atoms with Crippen molar-refractivity contribution in [2.24, 2.45) is 0 Å². The molecular weight excluding hydrogens is 416 g/mol. The Labute approximate surface area is 187 Å². The predicted octanol–water partition coefficient (Wildman–Crippen LogP) is 4.04. The molecule has 2 fully saturated rings. The highest BCUT2D eigenvalue weighted by Crippen LogP contribution is 2.36. The van der Waals surface area contributed by atoms with Gasteiger partial charge in [-0.25, -0.2) is 0 Å². The molecule has 2 aliphatic rings. The first-order chi connectivity index (χ1) is 14.4. The molecule has 3 rings (SSSR count). The van der Waals surface area contributed by atoms with Crippen molar-refractivity contribution in [1.82, 2.24) is 9.47 Å². The Kier molecular flexibility index (Phi) is 7.37. The van der Waals surface area contributed by atoms with E-state index in [2.05, 4.69) is 17.9 Å². The van der Waals surface area contributed by atoms with Gasteiger partial charge in [-0.3, -0.25) is 19.1 Å². The lowest BCUT2D eigenvalue weighted by Gasteiger charge is -2.27. The number of aromatic nitrogens is 1. The van der Waals surface area contributed by atoms with Crippen LogP contribution in [0, 0.1) is 18.3 Å². The van der Waals surface area contributed by atoms with Crippen LogP contribution in [0.4, 0.5) is 5.82 Å². The third-order valence-corrected chi connectivity index (χ3v) is 6.96. The number of hydrogen-bond acceptors (Lipinski definition) is 6. The molecule has 3 heterocycles. The van der Waals surface area contributed by atoms with Gasteiger partial charge in [0.1, 0.15) is 21.8 Å². The Morgan fingerprint density at radius 2 is 1.87 bits per heavy atom. The van der Waals surface area contributed by atoms with E-state index < -0.39 is 0 Å². The number of pyridine rings is 1. The van der Waals surface area contributed by atoms with Crippen LogP contribution in [0.1, 0.15) is 62.6 Å². The summed E-state index contributed by atoms with van der Waals surface area (Å²) in [5, 5.41) is 9.70. The van der Waals surface area contributed by atoms with Gasteiger partial charge in [-0.15, -0.1) is 0 Å². The molecule has 0 bridgehead atoms. The summed E-state index contributed by atoms with van der Waals surface area (Å²) >= 11 is 6.71. The van der Waals surface area contributed by atoms with Gasteiger partial charge in [0.2, 0.25) is 0 Å². The topological polar surface area (TPSA) is 69.3 Å². The summed E-state index contributed by atoms with van der Waals surface area (Å²) in [5.41, 5.74) is 1.35. The number of amides is 1. The third-order valence-electron chi connectivity index (χ3n) is 5.58. The van der Waals surface area contributed by atoms with Gasteiger partial charge in [0.15, 0.2) is 0 Å². The molecule has 0 radical (unpaired) electrons. The van der Waals surface area contributed by atoms with Crippen LogP contribution in [0.5, 0.6) is 0 Å². The molecule has 0 saturated carbocycles. The number of thiocarbonyl (C=S) groups is 1. The molecule has 2 saturated heterocycles. The summed E-state index contributed by atoms with van der Waals surface area (Å²) in [6, 6.07) is 2.10. The Morgan fingerprint density at radius 1 is 1.17 bits per heavy atom. The number of nitrogens with zero attached hydrogens (tertiary/aromatic N) is 4. The second-order valence-corrected chi connectivity index (χ2v) is 9.36. The maximum absolute atomic E-state index is 13.1. The molecule has 0 aliphatic carbocycles. The number of thioether (sulfide) groups is 1. The SMILES string of the molecule is CCCCn1c(N2CCCC2)c(/C=C2\SC(=S)N(CCC)C2=O)c(C)c(C#N)c1=O. The number of carbonyl (C=O) groups excluding carboxylic acids is 1. The molecule has 1 aromatic rings. The maximum atomic E-state index is 13.1. The van der Waals surface area contributed by atoms with Crippen molar-refractivity contribution in [3.05, 3.63) is 31.9 Å². The number of hydrogen-bond donors (Lipinski definition) is 0. The van der Waals surface area contributed by atoms with Gasteiger partial charge in [0.25, 0.3) is 11.5 Å². The molecule has 8 heteroatoms. The fraction of sp³-hybridized carbons (Fsp3) is 0.545. The zero-order valence-electron chi connectivity index (χ0n) is 17.9. The van der Waals surface area contributed by atoms with Gasteiger partial charge in [0.05, 0.1) is 4.91 Å². The second kappa shape index (κ2) is 9.80. The van der Waals surface area contributed by atoms with Gasteiger partial charge in [0, 0.05) is 31.7 Å². The van der Waals surface area contributed by atoms with Gasteiger partial charge < -0.3 is 4.90 Å². The first-order valence-electron chi connectivity index (χ1n) is 10.6. The van der Waals surface area contributed by atoms with E-state index in [0.29, 0.717) is 27.9 Å². The summed E-state index contributed by atoms with van der Waals surface area (Å²) in [6.07, 6.45) is 6.62. The minimum atomic E-state index is -0.235. The molecule has 0 unspecified atom stereocenters. The minimum Gasteiger partial charge on any atom is -0.357 e. The number of carbonyl (C=O) groups is 1. The van der Waals surface area contributed by atoms with Crippen LogP contribution in [0.3, 0.4) is 0 Å². The zero-order valence-corrected chi connectivity index (χ0v) is 19.5. The third kappa shape index (κ3) is 4.19. The Morgan fingerprint density at radius 3 is 2.47 bits per heavy atom. The lowest BCUT2D eigenvalue weighted by Crippen LogP contribution is -2.33. The van der Waals surface area contributed by atoms with Gasteiger partial charge >= 0.3 is 0 Å². The molecule has 6 nitrogen and oxygen atoms in total. The Bertz CT molecular complexity index is 984. The van der Waals surface area contributed by atoms with E-state index in [1.807, 2.05) is 19.9 Å². The van der Waals surface area contributed by atoms with E-state index in [1.54, 1.807) is 9.47 Å². The van der Waals surface area contributed by atoms with Crippen LogP contribution in [-0.2, 0) is 11.3 Å². The quantitative estimate of drug-likeness (QED) is 0.467. The van der Waals surface area contributed by atoms with Gasteiger partial charge in [-0.2, -0.15) is 5.26 Å². The summed E-state index contributed by atoms with van der Waals surface area (Å²) in [6.45, 7) is 8.80. The summed E-state index contributed by atoms with van der Waals surface area (Å²) in [7, 11) is 0. The highest BCUT2D eigenvalue weighted by atomic mass is 32.2. The van der Waals surface area contributed by atoms with E-state index in [1.165, 1.54) is 11.8 Å². The smallest absolute Gasteiger partial charge is 0.270 e. The highest BCUT2D eigenvalue weighted by Gasteiger charge is 2.33. The molecule has 1 amide bonds. The van der Waals surface area contributed by atoms with E-state index in [4.69, 9.17) is 12.2 Å². The van der Waals surface area contributed by atoms with Crippen molar-refractivity contribution in [3.8, 4) is 6.07 Å². The van der Waals surface area contributed by atoms with Crippen LogP contribution in [0.25, 0.3) is 6.08 Å². The summed E-state index contributed by atoms with van der Waals surface area (Å²) < 4.78 is 2.31. The summed E-state index contributed by atoms with van der Waals surface area (Å²) in [5.74, 6) is 0.742. The molecule has 2 aliphatic heterocycles. The zero-order chi connectivity index (χ0) is 21.8. The number of anilines is 1. The van der Waals surface area contributed by atoms with Crippen molar-refractivity contribution in [1.29, 1.82) is 5.26 Å². The number of unbranched alkanes of at least 4 members (excludes halogenated alkanes) is 1.